The minimum absolute atomic E-state index is 0.0209. The van der Waals surface area contributed by atoms with Gasteiger partial charge in [0.2, 0.25) is 10.0 Å². The molecule has 0 aliphatic carbocycles. The molecule has 0 bridgehead atoms. The summed E-state index contributed by atoms with van der Waals surface area (Å²) in [4.78, 5) is 17.2. The zero-order chi connectivity index (χ0) is 23.6. The van der Waals surface area contributed by atoms with Crippen molar-refractivity contribution in [2.75, 3.05) is 33.4 Å². The molecule has 1 fully saturated rings. The van der Waals surface area contributed by atoms with E-state index in [1.165, 1.54) is 35.7 Å². The van der Waals surface area contributed by atoms with Crippen LogP contribution < -0.4 is 4.74 Å². The molecule has 1 N–H and O–H groups in total. The number of ether oxygens (including phenoxy) is 3. The Morgan fingerprint density at radius 3 is 2.64 bits per heavy atom. The number of methoxy groups -OCH3 is 1. The zero-order valence-corrected chi connectivity index (χ0v) is 19.2. The first-order chi connectivity index (χ1) is 15.8. The topological polar surface area (TPSA) is 120 Å². The standard InChI is InChI=1S/C22H25N3O7S/c1-3-25-19-6-5-16(33(28,29)24-8-10-31-11-9-24)13-18(19)23-21(25)14-32-22(27)17-12-15(30-2)4-7-20(17)26/h4-7,12-13,26H,3,8-11,14H2,1-2H3. The first-order valence-electron chi connectivity index (χ1n) is 10.5. The van der Waals surface area contributed by atoms with E-state index in [1.807, 2.05) is 11.5 Å². The van der Waals surface area contributed by atoms with Crippen LogP contribution in [0.4, 0.5) is 0 Å². The lowest BCUT2D eigenvalue weighted by Gasteiger charge is -2.26. The van der Waals surface area contributed by atoms with Crippen LogP contribution in [0.2, 0.25) is 0 Å². The maximum Gasteiger partial charge on any atom is 0.342 e. The molecule has 0 spiro atoms. The number of benzene rings is 2. The number of esters is 1. The van der Waals surface area contributed by atoms with E-state index >= 15 is 0 Å². The number of morpholine rings is 1. The number of sulfonamides is 1. The highest BCUT2D eigenvalue weighted by atomic mass is 32.2. The number of nitrogens with zero attached hydrogens (tertiary/aromatic N) is 3. The van der Waals surface area contributed by atoms with E-state index in [-0.39, 0.29) is 22.8 Å². The number of phenols is 1. The monoisotopic (exact) mass is 475 g/mol. The van der Waals surface area contributed by atoms with Gasteiger partial charge in [0, 0.05) is 19.6 Å². The Morgan fingerprint density at radius 2 is 1.94 bits per heavy atom. The number of carbonyl (C=O) groups excluding carboxylic acids is 1. The number of carbonyl (C=O) groups is 1. The van der Waals surface area contributed by atoms with Crippen LogP contribution in [0.5, 0.6) is 11.5 Å². The molecule has 0 atom stereocenters. The lowest BCUT2D eigenvalue weighted by molar-refractivity contribution is 0.0455. The van der Waals surface area contributed by atoms with Crippen molar-refractivity contribution in [3.8, 4) is 11.5 Å². The molecule has 10 nitrogen and oxygen atoms in total. The average molecular weight is 476 g/mol. The van der Waals surface area contributed by atoms with Crippen molar-refractivity contribution >= 4 is 27.0 Å². The third kappa shape index (κ3) is 4.52. The number of phenolic OH excluding ortho intramolecular Hbond substituents is 1. The summed E-state index contributed by atoms with van der Waals surface area (Å²) in [6.07, 6.45) is 0. The van der Waals surface area contributed by atoms with Gasteiger partial charge in [-0.1, -0.05) is 0 Å². The van der Waals surface area contributed by atoms with Gasteiger partial charge in [0.25, 0.3) is 0 Å². The predicted molar refractivity (Wildman–Crippen MR) is 119 cm³/mol. The third-order valence-electron chi connectivity index (χ3n) is 5.48. The highest BCUT2D eigenvalue weighted by molar-refractivity contribution is 7.89. The summed E-state index contributed by atoms with van der Waals surface area (Å²) in [6, 6.07) is 9.08. The lowest BCUT2D eigenvalue weighted by atomic mass is 10.2. The smallest absolute Gasteiger partial charge is 0.342 e. The second-order valence-corrected chi connectivity index (χ2v) is 9.34. The van der Waals surface area contributed by atoms with Crippen LogP contribution >= 0.6 is 0 Å². The molecule has 0 saturated carbocycles. The Labute approximate surface area is 191 Å². The Balaban J connectivity index is 1.59. The quantitative estimate of drug-likeness (QED) is 0.516. The minimum Gasteiger partial charge on any atom is -0.507 e. The van der Waals surface area contributed by atoms with Crippen LogP contribution in [0, 0.1) is 0 Å². The molecule has 4 rings (SSSR count). The molecular weight excluding hydrogens is 450 g/mol. The van der Waals surface area contributed by atoms with Crippen molar-refractivity contribution in [3.05, 3.63) is 47.8 Å². The van der Waals surface area contributed by atoms with Gasteiger partial charge in [-0.25, -0.2) is 18.2 Å². The van der Waals surface area contributed by atoms with Crippen molar-refractivity contribution in [2.45, 2.75) is 25.0 Å². The van der Waals surface area contributed by atoms with Crippen LogP contribution in [0.3, 0.4) is 0 Å². The van der Waals surface area contributed by atoms with Crippen LogP contribution in [0.25, 0.3) is 11.0 Å². The number of hydrogen-bond donors (Lipinski definition) is 1. The van der Waals surface area contributed by atoms with E-state index in [1.54, 1.807) is 12.1 Å². The average Bonchev–Trinajstić information content (AvgIpc) is 3.20. The molecule has 176 valence electrons. The van der Waals surface area contributed by atoms with Crippen LogP contribution in [-0.2, 0) is 32.6 Å². The largest absolute Gasteiger partial charge is 0.507 e. The number of fused-ring (bicyclic) bond motifs is 1. The molecule has 1 aliphatic rings. The van der Waals surface area contributed by atoms with Gasteiger partial charge in [0.1, 0.15) is 29.5 Å². The van der Waals surface area contributed by atoms with Gasteiger partial charge in [0.05, 0.1) is 36.3 Å². The van der Waals surface area contributed by atoms with Crippen LogP contribution in [0.1, 0.15) is 23.1 Å². The van der Waals surface area contributed by atoms with Gasteiger partial charge in [-0.15, -0.1) is 0 Å². The number of aromatic hydroxyl groups is 1. The highest BCUT2D eigenvalue weighted by Gasteiger charge is 2.27. The first kappa shape index (κ1) is 23.0. The van der Waals surface area contributed by atoms with Crippen LogP contribution in [-0.4, -0.2) is 66.8 Å². The molecule has 1 aliphatic heterocycles. The van der Waals surface area contributed by atoms with E-state index in [4.69, 9.17) is 14.2 Å². The molecule has 0 amide bonds. The van der Waals surface area contributed by atoms with Gasteiger partial charge < -0.3 is 23.9 Å². The zero-order valence-electron chi connectivity index (χ0n) is 18.4. The summed E-state index contributed by atoms with van der Waals surface area (Å²) in [6.45, 7) is 3.66. The Morgan fingerprint density at radius 1 is 1.18 bits per heavy atom. The second-order valence-electron chi connectivity index (χ2n) is 7.40. The van der Waals surface area contributed by atoms with Crippen molar-refractivity contribution in [3.63, 3.8) is 0 Å². The summed E-state index contributed by atoms with van der Waals surface area (Å²) in [5.74, 6) is -0.0711. The van der Waals surface area contributed by atoms with E-state index in [2.05, 4.69) is 4.98 Å². The number of imidazole rings is 1. The predicted octanol–water partition coefficient (Wildman–Crippen LogP) is 2.15. The fourth-order valence-electron chi connectivity index (χ4n) is 3.73. The fourth-order valence-corrected chi connectivity index (χ4v) is 5.16. The highest BCUT2D eigenvalue weighted by Crippen LogP contribution is 2.26. The van der Waals surface area contributed by atoms with E-state index in [0.29, 0.717) is 49.9 Å². The van der Waals surface area contributed by atoms with E-state index < -0.39 is 16.0 Å². The van der Waals surface area contributed by atoms with Gasteiger partial charge in [-0.2, -0.15) is 4.31 Å². The van der Waals surface area contributed by atoms with E-state index in [0.717, 1.165) is 5.52 Å². The Bertz CT molecular complexity index is 1280. The summed E-state index contributed by atoms with van der Waals surface area (Å²) in [5, 5.41) is 9.98. The second kappa shape index (κ2) is 9.38. The lowest BCUT2D eigenvalue weighted by Crippen LogP contribution is -2.40. The van der Waals surface area contributed by atoms with Crippen molar-refractivity contribution in [1.82, 2.24) is 13.9 Å². The number of rotatable bonds is 7. The summed E-state index contributed by atoms with van der Waals surface area (Å²) in [5.41, 5.74) is 1.20. The first-order valence-corrected chi connectivity index (χ1v) is 11.9. The summed E-state index contributed by atoms with van der Waals surface area (Å²) < 4.78 is 44.9. The molecule has 33 heavy (non-hydrogen) atoms. The number of aryl methyl sites for hydroxylation is 1. The SMILES string of the molecule is CCn1c(COC(=O)c2cc(OC)ccc2O)nc2cc(S(=O)(=O)N3CCOCC3)ccc21. The molecule has 2 aromatic carbocycles. The van der Waals surface area contributed by atoms with Gasteiger partial charge in [-0.3, -0.25) is 0 Å². The minimum atomic E-state index is -3.66. The molecule has 3 aromatic rings. The Kier molecular flexibility index (Phi) is 6.54. The Hall–Kier alpha value is -3.15. The fraction of sp³-hybridized carbons (Fsp3) is 0.364. The maximum absolute atomic E-state index is 13.0. The van der Waals surface area contributed by atoms with Crippen molar-refractivity contribution < 1.29 is 32.5 Å². The molecular formula is C22H25N3O7S. The summed E-state index contributed by atoms with van der Waals surface area (Å²) in [7, 11) is -2.20. The number of aromatic nitrogens is 2. The molecule has 0 radical (unpaired) electrons. The van der Waals surface area contributed by atoms with Gasteiger partial charge in [0.15, 0.2) is 0 Å². The normalized spacial score (nSPS) is 15.0. The third-order valence-corrected chi connectivity index (χ3v) is 7.37. The van der Waals surface area contributed by atoms with Crippen LogP contribution in [0.15, 0.2) is 41.3 Å². The van der Waals surface area contributed by atoms with Crippen molar-refractivity contribution in [2.24, 2.45) is 0 Å². The van der Waals surface area contributed by atoms with Crippen molar-refractivity contribution in [1.29, 1.82) is 0 Å². The molecule has 0 unspecified atom stereocenters. The molecule has 11 heteroatoms. The maximum atomic E-state index is 13.0. The molecule has 1 aromatic heterocycles. The molecule has 1 saturated heterocycles. The van der Waals surface area contributed by atoms with E-state index in [9.17, 15) is 18.3 Å². The summed E-state index contributed by atoms with van der Waals surface area (Å²) >= 11 is 0. The van der Waals surface area contributed by atoms with Gasteiger partial charge >= 0.3 is 5.97 Å². The number of hydrogen-bond acceptors (Lipinski definition) is 8. The molecule has 2 heterocycles. The van der Waals surface area contributed by atoms with Gasteiger partial charge in [-0.05, 0) is 43.3 Å².